The minimum atomic E-state index is -0.280. The Morgan fingerprint density at radius 3 is 2.67 bits per heavy atom. The van der Waals surface area contributed by atoms with E-state index in [0.717, 1.165) is 0 Å². The summed E-state index contributed by atoms with van der Waals surface area (Å²) in [6.45, 7) is 6.91. The average molecular weight is 258 g/mol. The fourth-order valence-electron chi connectivity index (χ4n) is 1.77. The minimum Gasteiger partial charge on any atom is -0.466 e. The zero-order valence-corrected chi connectivity index (χ0v) is 11.1. The summed E-state index contributed by atoms with van der Waals surface area (Å²) in [6.07, 6.45) is 0.286. The first-order valence-corrected chi connectivity index (χ1v) is 6.40. The maximum Gasteiger partial charge on any atom is 0.307 e. The third kappa shape index (κ3) is 5.01. The second-order valence-corrected chi connectivity index (χ2v) is 4.17. The molecule has 1 saturated heterocycles. The SMILES string of the molecule is CCOC(=O)CCNC(C)C(=O)N1CCOCC1. The fourth-order valence-corrected chi connectivity index (χ4v) is 1.77. The van der Waals surface area contributed by atoms with Gasteiger partial charge < -0.3 is 19.7 Å². The number of morpholine rings is 1. The van der Waals surface area contributed by atoms with Gasteiger partial charge in [0.15, 0.2) is 0 Å². The van der Waals surface area contributed by atoms with Crippen LogP contribution in [0.5, 0.6) is 0 Å². The Balaban J connectivity index is 2.20. The van der Waals surface area contributed by atoms with Crippen LogP contribution < -0.4 is 5.32 Å². The van der Waals surface area contributed by atoms with Crippen molar-refractivity contribution in [3.05, 3.63) is 0 Å². The largest absolute Gasteiger partial charge is 0.466 e. The van der Waals surface area contributed by atoms with Crippen LogP contribution in [-0.4, -0.2) is 62.3 Å². The van der Waals surface area contributed by atoms with Gasteiger partial charge in [0.05, 0.1) is 32.3 Å². The van der Waals surface area contributed by atoms with E-state index >= 15 is 0 Å². The Hall–Kier alpha value is -1.14. The quantitative estimate of drug-likeness (QED) is 0.667. The number of ether oxygens (including phenoxy) is 2. The third-order valence-corrected chi connectivity index (χ3v) is 2.78. The molecule has 0 saturated carbocycles. The average Bonchev–Trinajstić information content (AvgIpc) is 2.39. The second-order valence-electron chi connectivity index (χ2n) is 4.17. The lowest BCUT2D eigenvalue weighted by molar-refractivity contribution is -0.143. The van der Waals surface area contributed by atoms with Crippen LogP contribution in [0, 0.1) is 0 Å². The van der Waals surface area contributed by atoms with Gasteiger partial charge in [0, 0.05) is 19.6 Å². The number of esters is 1. The van der Waals surface area contributed by atoms with Crippen LogP contribution in [-0.2, 0) is 19.1 Å². The monoisotopic (exact) mass is 258 g/mol. The highest BCUT2D eigenvalue weighted by molar-refractivity contribution is 5.81. The first kappa shape index (κ1) is 14.9. The van der Waals surface area contributed by atoms with Crippen molar-refractivity contribution in [2.75, 3.05) is 39.5 Å². The summed E-state index contributed by atoms with van der Waals surface area (Å²) in [5, 5.41) is 3.04. The second kappa shape index (κ2) is 8.05. The summed E-state index contributed by atoms with van der Waals surface area (Å²) in [4.78, 5) is 24.9. The van der Waals surface area contributed by atoms with Crippen molar-refractivity contribution in [3.8, 4) is 0 Å². The third-order valence-electron chi connectivity index (χ3n) is 2.78. The molecule has 0 aromatic heterocycles. The molecule has 0 aromatic carbocycles. The highest BCUT2D eigenvalue weighted by Crippen LogP contribution is 2.00. The Morgan fingerprint density at radius 2 is 2.06 bits per heavy atom. The van der Waals surface area contributed by atoms with Gasteiger partial charge in [0.2, 0.25) is 5.91 Å². The van der Waals surface area contributed by atoms with Crippen molar-refractivity contribution in [2.24, 2.45) is 0 Å². The van der Waals surface area contributed by atoms with Crippen molar-refractivity contribution < 1.29 is 19.1 Å². The number of hydrogen-bond acceptors (Lipinski definition) is 5. The molecule has 6 heteroatoms. The first-order valence-electron chi connectivity index (χ1n) is 6.40. The van der Waals surface area contributed by atoms with E-state index < -0.39 is 0 Å². The molecule has 1 unspecified atom stereocenters. The van der Waals surface area contributed by atoms with Crippen LogP contribution >= 0.6 is 0 Å². The van der Waals surface area contributed by atoms with Crippen molar-refractivity contribution in [1.82, 2.24) is 10.2 Å². The molecule has 6 nitrogen and oxygen atoms in total. The van der Waals surface area contributed by atoms with Crippen molar-refractivity contribution >= 4 is 11.9 Å². The summed E-state index contributed by atoms with van der Waals surface area (Å²) in [6, 6.07) is -0.280. The molecule has 1 atom stereocenters. The number of nitrogens with one attached hydrogen (secondary N) is 1. The summed E-state index contributed by atoms with van der Waals surface area (Å²) in [5.74, 6) is -0.182. The zero-order chi connectivity index (χ0) is 13.4. The molecule has 1 N–H and O–H groups in total. The zero-order valence-electron chi connectivity index (χ0n) is 11.1. The Labute approximate surface area is 108 Å². The predicted octanol–water partition coefficient (Wildman–Crippen LogP) is -0.223. The summed E-state index contributed by atoms with van der Waals surface area (Å²) >= 11 is 0. The fraction of sp³-hybridized carbons (Fsp3) is 0.833. The maximum absolute atomic E-state index is 12.0. The Kier molecular flexibility index (Phi) is 6.67. The summed E-state index contributed by atoms with van der Waals surface area (Å²) in [7, 11) is 0. The lowest BCUT2D eigenvalue weighted by Gasteiger charge is -2.29. The van der Waals surface area contributed by atoms with Gasteiger partial charge in [0.1, 0.15) is 0 Å². The lowest BCUT2D eigenvalue weighted by atomic mass is 10.2. The van der Waals surface area contributed by atoms with E-state index in [9.17, 15) is 9.59 Å². The highest BCUT2D eigenvalue weighted by Gasteiger charge is 2.21. The van der Waals surface area contributed by atoms with Crippen LogP contribution in [0.2, 0.25) is 0 Å². The Bertz CT molecular complexity index is 277. The molecule has 1 aliphatic heterocycles. The number of hydrogen-bond donors (Lipinski definition) is 1. The smallest absolute Gasteiger partial charge is 0.307 e. The van der Waals surface area contributed by atoms with Gasteiger partial charge in [-0.1, -0.05) is 0 Å². The van der Waals surface area contributed by atoms with Crippen LogP contribution in [0.25, 0.3) is 0 Å². The molecule has 1 aliphatic rings. The number of carbonyl (C=O) groups is 2. The van der Waals surface area contributed by atoms with E-state index in [1.54, 1.807) is 11.8 Å². The van der Waals surface area contributed by atoms with Gasteiger partial charge in [0.25, 0.3) is 0 Å². The molecule has 1 amide bonds. The molecule has 1 heterocycles. The van der Waals surface area contributed by atoms with E-state index in [2.05, 4.69) is 5.32 Å². The maximum atomic E-state index is 12.0. The molecule has 0 bridgehead atoms. The topological polar surface area (TPSA) is 67.9 Å². The van der Waals surface area contributed by atoms with E-state index in [1.165, 1.54) is 0 Å². The van der Waals surface area contributed by atoms with Crippen LogP contribution in [0.15, 0.2) is 0 Å². The van der Waals surface area contributed by atoms with Crippen molar-refractivity contribution in [3.63, 3.8) is 0 Å². The van der Waals surface area contributed by atoms with Crippen LogP contribution in [0.1, 0.15) is 20.3 Å². The van der Waals surface area contributed by atoms with Gasteiger partial charge in [-0.3, -0.25) is 9.59 Å². The molecular formula is C12H22N2O4. The van der Waals surface area contributed by atoms with E-state index in [4.69, 9.17) is 9.47 Å². The van der Waals surface area contributed by atoms with Gasteiger partial charge in [-0.25, -0.2) is 0 Å². The molecule has 1 rings (SSSR count). The molecular weight excluding hydrogens is 236 g/mol. The normalized spacial score (nSPS) is 17.3. The molecule has 0 spiro atoms. The number of nitrogens with zero attached hydrogens (tertiary/aromatic N) is 1. The molecule has 0 aromatic rings. The van der Waals surface area contributed by atoms with Crippen molar-refractivity contribution in [1.29, 1.82) is 0 Å². The molecule has 0 aliphatic carbocycles. The lowest BCUT2D eigenvalue weighted by Crippen LogP contribution is -2.49. The number of amides is 1. The van der Waals surface area contributed by atoms with Crippen LogP contribution in [0.3, 0.4) is 0 Å². The van der Waals surface area contributed by atoms with E-state index in [-0.39, 0.29) is 24.3 Å². The number of carbonyl (C=O) groups excluding carboxylic acids is 2. The Morgan fingerprint density at radius 1 is 1.39 bits per heavy atom. The summed E-state index contributed by atoms with van der Waals surface area (Å²) < 4.78 is 10.0. The molecule has 18 heavy (non-hydrogen) atoms. The molecule has 104 valence electrons. The van der Waals surface area contributed by atoms with E-state index in [0.29, 0.717) is 39.5 Å². The first-order chi connectivity index (χ1) is 8.65. The van der Waals surface area contributed by atoms with Gasteiger partial charge in [-0.2, -0.15) is 0 Å². The van der Waals surface area contributed by atoms with Gasteiger partial charge in [-0.15, -0.1) is 0 Å². The standard InChI is InChI=1S/C12H22N2O4/c1-3-18-11(15)4-5-13-10(2)12(16)14-6-8-17-9-7-14/h10,13H,3-9H2,1-2H3. The van der Waals surface area contributed by atoms with Crippen molar-refractivity contribution in [2.45, 2.75) is 26.3 Å². The van der Waals surface area contributed by atoms with E-state index in [1.807, 2.05) is 6.92 Å². The highest BCUT2D eigenvalue weighted by atomic mass is 16.5. The van der Waals surface area contributed by atoms with Gasteiger partial charge in [-0.05, 0) is 13.8 Å². The van der Waals surface area contributed by atoms with Gasteiger partial charge >= 0.3 is 5.97 Å². The minimum absolute atomic E-state index is 0.0576. The summed E-state index contributed by atoms with van der Waals surface area (Å²) in [5.41, 5.74) is 0. The van der Waals surface area contributed by atoms with Crippen LogP contribution in [0.4, 0.5) is 0 Å². The molecule has 0 radical (unpaired) electrons. The molecule has 1 fully saturated rings. The number of rotatable bonds is 6. The predicted molar refractivity (Wildman–Crippen MR) is 66.1 cm³/mol.